The summed E-state index contributed by atoms with van der Waals surface area (Å²) < 4.78 is 4.96. The molecule has 0 spiro atoms. The first-order chi connectivity index (χ1) is 21.3. The molecule has 1 aliphatic rings. The van der Waals surface area contributed by atoms with E-state index in [-0.39, 0.29) is 0 Å². The van der Waals surface area contributed by atoms with Crippen molar-refractivity contribution < 1.29 is 0 Å². The number of benzene rings is 7. The summed E-state index contributed by atoms with van der Waals surface area (Å²) in [4.78, 5) is 2.57. The van der Waals surface area contributed by atoms with Crippen molar-refractivity contribution >= 4 is 66.1 Å². The van der Waals surface area contributed by atoms with Gasteiger partial charge in [-0.25, -0.2) is 0 Å². The third-order valence-corrected chi connectivity index (χ3v) is 10.2. The van der Waals surface area contributed by atoms with Gasteiger partial charge < -0.3 is 0 Å². The molecule has 0 saturated heterocycles. The van der Waals surface area contributed by atoms with Crippen molar-refractivity contribution in [3.63, 3.8) is 0 Å². The van der Waals surface area contributed by atoms with Crippen LogP contribution in [0.1, 0.15) is 0 Å². The molecule has 0 saturated carbocycles. The van der Waals surface area contributed by atoms with Crippen LogP contribution in [0.2, 0.25) is 0 Å². The second kappa shape index (κ2) is 8.64. The molecule has 200 valence electrons. The standard InChI is InChI=1S/C40H24N2S/c1-2-12-27(13-3-1)41-34-19-9-8-17-31(34)38-32-18-10-20-36-39(32)42(40(38)41)35-22-21-26(24-37(35)43-36)33-23-25-11-4-5-14-28(25)29-15-6-7-16-30(29)33/h1-24H. The minimum atomic E-state index is 1.17. The second-order valence-corrected chi connectivity index (χ2v) is 12.4. The molecule has 0 unspecified atom stereocenters. The van der Waals surface area contributed by atoms with Gasteiger partial charge in [-0.3, -0.25) is 9.13 Å². The monoisotopic (exact) mass is 564 g/mol. The van der Waals surface area contributed by atoms with Gasteiger partial charge in [0.05, 0.1) is 16.7 Å². The molecule has 10 rings (SSSR count). The van der Waals surface area contributed by atoms with E-state index < -0.39 is 0 Å². The molecular weight excluding hydrogens is 541 g/mol. The Morgan fingerprint density at radius 3 is 2.07 bits per heavy atom. The van der Waals surface area contributed by atoms with E-state index in [0.717, 1.165) is 0 Å². The average molecular weight is 565 g/mol. The molecule has 0 atom stereocenters. The lowest BCUT2D eigenvalue weighted by Gasteiger charge is -2.22. The van der Waals surface area contributed by atoms with E-state index in [1.165, 1.54) is 86.7 Å². The molecule has 7 aromatic carbocycles. The first kappa shape index (κ1) is 23.3. The van der Waals surface area contributed by atoms with Gasteiger partial charge in [0.15, 0.2) is 0 Å². The van der Waals surface area contributed by atoms with Crippen molar-refractivity contribution in [1.29, 1.82) is 0 Å². The van der Waals surface area contributed by atoms with Crippen molar-refractivity contribution in [2.75, 3.05) is 0 Å². The maximum absolute atomic E-state index is 2.51. The summed E-state index contributed by atoms with van der Waals surface area (Å²) in [5.41, 5.74) is 8.68. The molecule has 0 bridgehead atoms. The molecule has 9 aromatic rings. The molecule has 2 aromatic heterocycles. The summed E-state index contributed by atoms with van der Waals surface area (Å²) in [5.74, 6) is 0. The summed E-state index contributed by atoms with van der Waals surface area (Å²) in [7, 11) is 0. The molecule has 0 fully saturated rings. The lowest BCUT2D eigenvalue weighted by atomic mass is 9.93. The predicted octanol–water partition coefficient (Wildman–Crippen LogP) is 11.2. The molecule has 3 heterocycles. The summed E-state index contributed by atoms with van der Waals surface area (Å²) in [5, 5.41) is 9.07. The van der Waals surface area contributed by atoms with E-state index in [1.54, 1.807) is 0 Å². The number of hydrogen-bond donors (Lipinski definition) is 0. The van der Waals surface area contributed by atoms with Gasteiger partial charge in [-0.15, -0.1) is 0 Å². The lowest BCUT2D eigenvalue weighted by Crippen LogP contribution is -2.05. The lowest BCUT2D eigenvalue weighted by molar-refractivity contribution is 1.03. The van der Waals surface area contributed by atoms with Gasteiger partial charge in [0.25, 0.3) is 0 Å². The fourth-order valence-corrected chi connectivity index (χ4v) is 8.41. The van der Waals surface area contributed by atoms with E-state index >= 15 is 0 Å². The number of rotatable bonds is 2. The minimum absolute atomic E-state index is 1.17. The van der Waals surface area contributed by atoms with Gasteiger partial charge in [-0.1, -0.05) is 115 Å². The number of para-hydroxylation sites is 3. The molecule has 0 radical (unpaired) electrons. The fraction of sp³-hybridized carbons (Fsp3) is 0. The summed E-state index contributed by atoms with van der Waals surface area (Å²) >= 11 is 1.89. The van der Waals surface area contributed by atoms with Crippen molar-refractivity contribution in [1.82, 2.24) is 9.13 Å². The maximum Gasteiger partial charge on any atom is 0.131 e. The Labute approximate surface area is 252 Å². The van der Waals surface area contributed by atoms with E-state index in [2.05, 4.69) is 155 Å². The highest BCUT2D eigenvalue weighted by Crippen LogP contribution is 2.50. The first-order valence-corrected chi connectivity index (χ1v) is 15.5. The van der Waals surface area contributed by atoms with Gasteiger partial charge in [-0.05, 0) is 75.1 Å². The maximum atomic E-state index is 2.51. The number of nitrogens with zero attached hydrogens (tertiary/aromatic N) is 2. The summed E-state index contributed by atoms with van der Waals surface area (Å²) in [6, 6.07) is 53.3. The molecule has 3 heteroatoms. The highest BCUT2D eigenvalue weighted by Gasteiger charge is 2.28. The largest absolute Gasteiger partial charge is 0.295 e. The molecular formula is C40H24N2S. The van der Waals surface area contributed by atoms with Gasteiger partial charge in [0.1, 0.15) is 5.65 Å². The van der Waals surface area contributed by atoms with Crippen molar-refractivity contribution in [2.24, 2.45) is 0 Å². The Kier molecular flexibility index (Phi) is 4.68. The SMILES string of the molecule is c1ccc(-n2c3ccccc3c3c4cccc5c4n(c32)-c2ccc(-c3cc4ccccc4c4ccccc34)cc2S5)cc1. The van der Waals surface area contributed by atoms with Crippen LogP contribution in [0, 0.1) is 0 Å². The van der Waals surface area contributed by atoms with E-state index in [1.807, 2.05) is 11.8 Å². The number of aromatic nitrogens is 2. The molecule has 0 amide bonds. The molecule has 1 aliphatic heterocycles. The number of fused-ring (bicyclic) bond motifs is 10. The van der Waals surface area contributed by atoms with E-state index in [4.69, 9.17) is 0 Å². The Balaban J connectivity index is 1.30. The Bertz CT molecular complexity index is 2590. The van der Waals surface area contributed by atoms with Crippen LogP contribution in [0.25, 0.3) is 76.9 Å². The van der Waals surface area contributed by atoms with Crippen molar-refractivity contribution in [2.45, 2.75) is 9.79 Å². The fourth-order valence-electron chi connectivity index (χ4n) is 7.28. The molecule has 43 heavy (non-hydrogen) atoms. The van der Waals surface area contributed by atoms with Crippen LogP contribution < -0.4 is 0 Å². The van der Waals surface area contributed by atoms with E-state index in [0.29, 0.717) is 0 Å². The van der Waals surface area contributed by atoms with Gasteiger partial charge >= 0.3 is 0 Å². The first-order valence-electron chi connectivity index (χ1n) is 14.7. The van der Waals surface area contributed by atoms with Gasteiger partial charge in [-0.2, -0.15) is 0 Å². The normalized spacial score (nSPS) is 12.6. The zero-order valence-corrected chi connectivity index (χ0v) is 24.0. The smallest absolute Gasteiger partial charge is 0.131 e. The Morgan fingerprint density at radius 2 is 1.19 bits per heavy atom. The highest BCUT2D eigenvalue weighted by atomic mass is 32.2. The van der Waals surface area contributed by atoms with Crippen LogP contribution >= 0.6 is 11.8 Å². The second-order valence-electron chi connectivity index (χ2n) is 11.3. The Morgan fingerprint density at radius 1 is 0.465 bits per heavy atom. The molecule has 0 aliphatic carbocycles. The van der Waals surface area contributed by atoms with Crippen LogP contribution in [-0.4, -0.2) is 9.13 Å². The summed E-state index contributed by atoms with van der Waals surface area (Å²) in [6.07, 6.45) is 0. The van der Waals surface area contributed by atoms with Crippen LogP contribution in [0.15, 0.2) is 155 Å². The van der Waals surface area contributed by atoms with Crippen LogP contribution in [0.4, 0.5) is 0 Å². The van der Waals surface area contributed by atoms with Gasteiger partial charge in [0.2, 0.25) is 0 Å². The van der Waals surface area contributed by atoms with Gasteiger partial charge in [0, 0.05) is 31.6 Å². The van der Waals surface area contributed by atoms with Crippen LogP contribution in [0.5, 0.6) is 0 Å². The third-order valence-electron chi connectivity index (χ3n) is 9.07. The van der Waals surface area contributed by atoms with Crippen molar-refractivity contribution in [3.8, 4) is 22.5 Å². The quantitative estimate of drug-likeness (QED) is 0.190. The highest BCUT2D eigenvalue weighted by molar-refractivity contribution is 7.99. The van der Waals surface area contributed by atoms with Crippen molar-refractivity contribution in [3.05, 3.63) is 146 Å². The van der Waals surface area contributed by atoms with Crippen LogP contribution in [0.3, 0.4) is 0 Å². The predicted molar refractivity (Wildman–Crippen MR) is 182 cm³/mol. The van der Waals surface area contributed by atoms with E-state index in [9.17, 15) is 0 Å². The zero-order valence-electron chi connectivity index (χ0n) is 23.2. The molecule has 2 nitrogen and oxygen atoms in total. The van der Waals surface area contributed by atoms with Crippen LogP contribution in [-0.2, 0) is 0 Å². The summed E-state index contributed by atoms with van der Waals surface area (Å²) in [6.45, 7) is 0. The zero-order chi connectivity index (χ0) is 28.1. The Hall–Kier alpha value is -5.25. The number of hydrogen-bond acceptors (Lipinski definition) is 1. The minimum Gasteiger partial charge on any atom is -0.295 e. The topological polar surface area (TPSA) is 9.86 Å². The molecule has 0 N–H and O–H groups in total. The third kappa shape index (κ3) is 3.15. The average Bonchev–Trinajstić information content (AvgIpc) is 3.59.